The lowest BCUT2D eigenvalue weighted by Gasteiger charge is -2.03. The van der Waals surface area contributed by atoms with E-state index in [2.05, 4.69) is 25.5 Å². The molecule has 28 heavy (non-hydrogen) atoms. The lowest BCUT2D eigenvalue weighted by Crippen LogP contribution is -2.13. The van der Waals surface area contributed by atoms with E-state index in [4.69, 9.17) is 21.4 Å². The minimum absolute atomic E-state index is 0.144. The Labute approximate surface area is 168 Å². The number of thioether (sulfide) groups is 1. The number of amides is 1. The van der Waals surface area contributed by atoms with Crippen LogP contribution in [-0.4, -0.2) is 38.9 Å². The smallest absolute Gasteiger partial charge is 0.277 e. The van der Waals surface area contributed by atoms with Gasteiger partial charge in [0.25, 0.3) is 5.22 Å². The molecule has 4 rings (SSSR count). The molecule has 4 aromatic rings. The van der Waals surface area contributed by atoms with Crippen LogP contribution in [0.2, 0.25) is 0 Å². The molecule has 3 N–H and O–H groups in total. The van der Waals surface area contributed by atoms with Crippen LogP contribution in [0.15, 0.2) is 52.1 Å². The number of carbonyl (C=O) groups is 1. The molecule has 1 amide bonds. The Hall–Kier alpha value is -3.11. The number of hydrogen-bond donors (Lipinski definition) is 3. The van der Waals surface area contributed by atoms with Gasteiger partial charge in [0.05, 0.1) is 23.9 Å². The highest BCUT2D eigenvalue weighted by Crippen LogP contribution is 2.25. The number of rotatable bonds is 6. The number of aromatic nitrogens is 4. The van der Waals surface area contributed by atoms with E-state index in [0.29, 0.717) is 21.6 Å². The third-order valence-corrected chi connectivity index (χ3v) is 4.89. The van der Waals surface area contributed by atoms with Crippen molar-refractivity contribution < 1.29 is 13.9 Å². The first kappa shape index (κ1) is 18.3. The minimum atomic E-state index is -0.178. The standard InChI is InChI=1S/C18H15N5O3S2/c1-25-12-5-2-10(3-6-12)16-22-23-18(26-16)28-9-15(24)19-11-4-7-13-14(8-11)21-17(27)20-13/h2-8H,9H2,1H3,(H,19,24)(H2,20,21,27). The molecule has 0 aliphatic carbocycles. The van der Waals surface area contributed by atoms with Gasteiger partial charge in [-0.3, -0.25) is 4.79 Å². The fourth-order valence-electron chi connectivity index (χ4n) is 2.55. The van der Waals surface area contributed by atoms with Crippen LogP contribution in [0.1, 0.15) is 0 Å². The Morgan fingerprint density at radius 2 is 1.96 bits per heavy atom. The maximum absolute atomic E-state index is 12.2. The summed E-state index contributed by atoms with van der Waals surface area (Å²) in [4.78, 5) is 18.2. The minimum Gasteiger partial charge on any atom is -0.497 e. The number of anilines is 1. The summed E-state index contributed by atoms with van der Waals surface area (Å²) in [5, 5.41) is 11.1. The van der Waals surface area contributed by atoms with Gasteiger partial charge >= 0.3 is 0 Å². The molecule has 0 spiro atoms. The molecule has 0 unspecified atom stereocenters. The highest BCUT2D eigenvalue weighted by Gasteiger charge is 2.12. The number of fused-ring (bicyclic) bond motifs is 1. The Balaban J connectivity index is 1.36. The molecule has 0 aliphatic heterocycles. The molecule has 0 saturated carbocycles. The van der Waals surface area contributed by atoms with Crippen molar-refractivity contribution in [3.63, 3.8) is 0 Å². The number of methoxy groups -OCH3 is 1. The van der Waals surface area contributed by atoms with Gasteiger partial charge in [-0.15, -0.1) is 10.2 Å². The quantitative estimate of drug-likeness (QED) is 0.324. The van der Waals surface area contributed by atoms with E-state index in [1.807, 2.05) is 36.4 Å². The van der Waals surface area contributed by atoms with E-state index in [9.17, 15) is 4.79 Å². The molecule has 2 aromatic carbocycles. The van der Waals surface area contributed by atoms with Crippen molar-refractivity contribution in [2.75, 3.05) is 18.2 Å². The predicted octanol–water partition coefficient (Wildman–Crippen LogP) is 4.01. The monoisotopic (exact) mass is 413 g/mol. The largest absolute Gasteiger partial charge is 0.497 e. The van der Waals surface area contributed by atoms with Crippen molar-refractivity contribution in [3.05, 3.63) is 47.2 Å². The van der Waals surface area contributed by atoms with Crippen LogP contribution in [-0.2, 0) is 4.79 Å². The Morgan fingerprint density at radius 3 is 2.75 bits per heavy atom. The van der Waals surface area contributed by atoms with Crippen molar-refractivity contribution in [2.45, 2.75) is 5.22 Å². The average Bonchev–Trinajstić information content (AvgIpc) is 3.32. The summed E-state index contributed by atoms with van der Waals surface area (Å²) < 4.78 is 11.3. The van der Waals surface area contributed by atoms with Gasteiger partial charge in [0.15, 0.2) is 4.77 Å². The molecule has 0 atom stereocenters. The number of nitrogens with one attached hydrogen (secondary N) is 3. The summed E-state index contributed by atoms with van der Waals surface area (Å²) in [6.45, 7) is 0. The van der Waals surface area contributed by atoms with Gasteiger partial charge < -0.3 is 24.4 Å². The van der Waals surface area contributed by atoms with Crippen LogP contribution in [0.5, 0.6) is 5.75 Å². The summed E-state index contributed by atoms with van der Waals surface area (Å²) in [7, 11) is 1.60. The second-order valence-electron chi connectivity index (χ2n) is 5.78. The summed E-state index contributed by atoms with van der Waals surface area (Å²) in [6.07, 6.45) is 0. The summed E-state index contributed by atoms with van der Waals surface area (Å²) >= 11 is 6.23. The number of hydrogen-bond acceptors (Lipinski definition) is 7. The fourth-order valence-corrected chi connectivity index (χ4v) is 3.34. The van der Waals surface area contributed by atoms with Gasteiger partial charge in [-0.25, -0.2) is 0 Å². The third kappa shape index (κ3) is 4.07. The molecule has 10 heteroatoms. The third-order valence-electron chi connectivity index (χ3n) is 3.87. The fraction of sp³-hybridized carbons (Fsp3) is 0.111. The van der Waals surface area contributed by atoms with E-state index in [1.165, 1.54) is 11.8 Å². The number of H-pyrrole nitrogens is 2. The summed E-state index contributed by atoms with van der Waals surface area (Å²) in [5.74, 6) is 1.10. The van der Waals surface area contributed by atoms with E-state index in [0.717, 1.165) is 22.3 Å². The first-order valence-corrected chi connectivity index (χ1v) is 9.63. The molecule has 0 fully saturated rings. The van der Waals surface area contributed by atoms with Gasteiger partial charge in [0, 0.05) is 11.3 Å². The highest BCUT2D eigenvalue weighted by atomic mass is 32.2. The van der Waals surface area contributed by atoms with E-state index < -0.39 is 0 Å². The van der Waals surface area contributed by atoms with Crippen LogP contribution in [0.3, 0.4) is 0 Å². The second kappa shape index (κ2) is 7.87. The van der Waals surface area contributed by atoms with Crippen molar-refractivity contribution >= 4 is 46.6 Å². The van der Waals surface area contributed by atoms with Gasteiger partial charge in [-0.2, -0.15) is 0 Å². The normalized spacial score (nSPS) is 10.9. The first-order valence-electron chi connectivity index (χ1n) is 8.23. The maximum atomic E-state index is 12.2. The van der Waals surface area contributed by atoms with Gasteiger partial charge in [0.2, 0.25) is 11.8 Å². The van der Waals surface area contributed by atoms with Gasteiger partial charge in [-0.05, 0) is 54.7 Å². The van der Waals surface area contributed by atoms with Crippen molar-refractivity contribution in [3.8, 4) is 17.2 Å². The number of aromatic amines is 2. The molecular weight excluding hydrogens is 398 g/mol. The molecule has 142 valence electrons. The number of benzene rings is 2. The van der Waals surface area contributed by atoms with Crippen molar-refractivity contribution in [2.24, 2.45) is 0 Å². The molecule has 0 aliphatic rings. The predicted molar refractivity (Wildman–Crippen MR) is 109 cm³/mol. The molecule has 8 nitrogen and oxygen atoms in total. The average molecular weight is 413 g/mol. The maximum Gasteiger partial charge on any atom is 0.277 e. The molecular formula is C18H15N5O3S2. The molecule has 0 bridgehead atoms. The number of nitrogens with zero attached hydrogens (tertiary/aromatic N) is 2. The lowest BCUT2D eigenvalue weighted by atomic mass is 10.2. The van der Waals surface area contributed by atoms with E-state index >= 15 is 0 Å². The zero-order valence-electron chi connectivity index (χ0n) is 14.7. The number of carbonyl (C=O) groups excluding carboxylic acids is 1. The zero-order valence-corrected chi connectivity index (χ0v) is 16.3. The summed E-state index contributed by atoms with van der Waals surface area (Å²) in [5.41, 5.74) is 3.17. The topological polar surface area (TPSA) is 109 Å². The molecule has 0 saturated heterocycles. The van der Waals surface area contributed by atoms with Crippen LogP contribution in [0.4, 0.5) is 5.69 Å². The SMILES string of the molecule is COc1ccc(-c2nnc(SCC(=O)Nc3ccc4[nH]c(=S)[nH]c4c3)o2)cc1. The highest BCUT2D eigenvalue weighted by molar-refractivity contribution is 7.99. The van der Waals surface area contributed by atoms with Crippen molar-refractivity contribution in [1.82, 2.24) is 20.2 Å². The van der Waals surface area contributed by atoms with Crippen molar-refractivity contribution in [1.29, 1.82) is 0 Å². The van der Waals surface area contributed by atoms with Gasteiger partial charge in [0.1, 0.15) is 5.75 Å². The molecule has 2 heterocycles. The van der Waals surface area contributed by atoms with Crippen LogP contribution in [0.25, 0.3) is 22.5 Å². The number of imidazole rings is 1. The Morgan fingerprint density at radius 1 is 1.18 bits per heavy atom. The van der Waals surface area contributed by atoms with E-state index in [1.54, 1.807) is 13.2 Å². The Bertz CT molecular complexity index is 1180. The van der Waals surface area contributed by atoms with Crippen LogP contribution < -0.4 is 10.1 Å². The summed E-state index contributed by atoms with van der Waals surface area (Å²) in [6, 6.07) is 12.8. The second-order valence-corrected chi connectivity index (χ2v) is 7.11. The first-order chi connectivity index (χ1) is 13.6. The Kier molecular flexibility index (Phi) is 5.13. The zero-order chi connectivity index (χ0) is 19.5. The number of ether oxygens (including phenoxy) is 1. The lowest BCUT2D eigenvalue weighted by molar-refractivity contribution is -0.113. The van der Waals surface area contributed by atoms with E-state index in [-0.39, 0.29) is 11.7 Å². The van der Waals surface area contributed by atoms with Gasteiger partial charge in [-0.1, -0.05) is 11.8 Å². The molecule has 2 aromatic heterocycles. The molecule has 0 radical (unpaired) electrons. The van der Waals surface area contributed by atoms with Crippen LogP contribution >= 0.6 is 24.0 Å². The van der Waals surface area contributed by atoms with Crippen LogP contribution in [0, 0.1) is 4.77 Å².